The zero-order valence-corrected chi connectivity index (χ0v) is 19.1. The molecule has 1 heterocycles. The van der Waals surface area contributed by atoms with Gasteiger partial charge in [0.1, 0.15) is 0 Å². The van der Waals surface area contributed by atoms with E-state index in [1.165, 1.54) is 0 Å². The van der Waals surface area contributed by atoms with Crippen LogP contribution in [-0.2, 0) is 0 Å². The highest BCUT2D eigenvalue weighted by atomic mass is 19.4. The number of alkyl halides is 3. The van der Waals surface area contributed by atoms with E-state index in [2.05, 4.69) is 32.2 Å². The molecule has 0 saturated heterocycles. The molecule has 3 aromatic rings. The van der Waals surface area contributed by atoms with Gasteiger partial charge in [-0.05, 0) is 65.3 Å². The van der Waals surface area contributed by atoms with Gasteiger partial charge in [0.15, 0.2) is 0 Å². The molecule has 0 aliphatic rings. The lowest BCUT2D eigenvalue weighted by molar-refractivity contribution is -0.870. The van der Waals surface area contributed by atoms with E-state index in [-0.39, 0.29) is 6.42 Å². The molecule has 0 bridgehead atoms. The summed E-state index contributed by atoms with van der Waals surface area (Å²) in [4.78, 5) is 4.05. The highest BCUT2D eigenvalue weighted by molar-refractivity contribution is 5.72. The number of hydrogen-bond acceptors (Lipinski definition) is 1. The summed E-state index contributed by atoms with van der Waals surface area (Å²) >= 11 is 0. The maximum Gasteiger partial charge on any atom is 0.395 e. The van der Waals surface area contributed by atoms with Crippen LogP contribution < -0.4 is 0 Å². The van der Waals surface area contributed by atoms with Crippen molar-refractivity contribution in [3.63, 3.8) is 0 Å². The average Bonchev–Trinajstić information content (AvgIpc) is 2.75. The van der Waals surface area contributed by atoms with Crippen molar-refractivity contribution >= 4 is 0 Å². The Bertz CT molecular complexity index is 974. The summed E-state index contributed by atoms with van der Waals surface area (Å²) in [6.07, 6.45) is 1.75. The molecule has 0 spiro atoms. The molecule has 0 aliphatic heterocycles. The van der Waals surface area contributed by atoms with Gasteiger partial charge in [0.05, 0.1) is 33.6 Å². The van der Waals surface area contributed by atoms with Gasteiger partial charge in [-0.3, -0.25) is 4.98 Å². The molecule has 1 unspecified atom stereocenters. The van der Waals surface area contributed by atoms with E-state index < -0.39 is 12.1 Å². The zero-order chi connectivity index (χ0) is 23.2. The van der Waals surface area contributed by atoms with Gasteiger partial charge in [-0.25, -0.2) is 0 Å². The second kappa shape index (κ2) is 10.3. The molecular weight excluding hydrogens is 409 g/mol. The molecule has 0 amide bonds. The first-order valence-corrected chi connectivity index (χ1v) is 11.1. The van der Waals surface area contributed by atoms with Gasteiger partial charge in [0.25, 0.3) is 0 Å². The number of pyridine rings is 1. The van der Waals surface area contributed by atoms with Crippen molar-refractivity contribution in [2.45, 2.75) is 37.8 Å². The Morgan fingerprint density at radius 3 is 1.91 bits per heavy atom. The monoisotopic (exact) mass is 441 g/mol. The third-order valence-electron chi connectivity index (χ3n) is 5.74. The van der Waals surface area contributed by atoms with Crippen molar-refractivity contribution in [3.8, 4) is 22.3 Å². The third-order valence-corrected chi connectivity index (χ3v) is 5.74. The van der Waals surface area contributed by atoms with Crippen LogP contribution in [0.3, 0.4) is 0 Å². The molecular formula is C27H32F3N2+. The van der Waals surface area contributed by atoms with Crippen molar-refractivity contribution in [2.75, 3.05) is 27.7 Å². The molecule has 2 aromatic carbocycles. The summed E-state index contributed by atoms with van der Waals surface area (Å²) in [6.45, 7) is 0.976. The van der Waals surface area contributed by atoms with Gasteiger partial charge in [0, 0.05) is 12.4 Å². The molecule has 1 atom stereocenters. The summed E-state index contributed by atoms with van der Waals surface area (Å²) in [5, 5.41) is 0. The molecule has 1 aromatic heterocycles. The summed E-state index contributed by atoms with van der Waals surface area (Å²) in [6, 6.07) is 18.8. The Morgan fingerprint density at radius 2 is 1.34 bits per heavy atom. The molecule has 2 nitrogen and oxygen atoms in total. The Balaban J connectivity index is 1.71. The normalized spacial score (nSPS) is 13.2. The van der Waals surface area contributed by atoms with Gasteiger partial charge in [-0.2, -0.15) is 13.2 Å². The molecule has 32 heavy (non-hydrogen) atoms. The summed E-state index contributed by atoms with van der Waals surface area (Å²) in [5.41, 5.74) is 4.35. The molecule has 0 N–H and O–H groups in total. The third kappa shape index (κ3) is 6.92. The van der Waals surface area contributed by atoms with Gasteiger partial charge in [0.2, 0.25) is 0 Å². The van der Waals surface area contributed by atoms with Crippen LogP contribution in [-0.4, -0.2) is 43.3 Å². The first-order chi connectivity index (χ1) is 15.1. The van der Waals surface area contributed by atoms with E-state index in [0.29, 0.717) is 12.0 Å². The van der Waals surface area contributed by atoms with Gasteiger partial charge in [-0.1, -0.05) is 48.9 Å². The number of benzene rings is 2. The van der Waals surface area contributed by atoms with Crippen molar-refractivity contribution in [3.05, 3.63) is 78.6 Å². The van der Waals surface area contributed by atoms with Crippen LogP contribution >= 0.6 is 0 Å². The van der Waals surface area contributed by atoms with E-state index in [4.69, 9.17) is 0 Å². The molecule has 5 heteroatoms. The van der Waals surface area contributed by atoms with Gasteiger partial charge >= 0.3 is 6.18 Å². The zero-order valence-electron chi connectivity index (χ0n) is 19.1. The van der Waals surface area contributed by atoms with Crippen LogP contribution in [0.4, 0.5) is 13.2 Å². The number of unbranched alkanes of at least 4 members (excludes halogenated alkanes) is 2. The van der Waals surface area contributed by atoms with Crippen LogP contribution in [0.25, 0.3) is 22.3 Å². The molecule has 0 aliphatic carbocycles. The summed E-state index contributed by atoms with van der Waals surface area (Å²) < 4.78 is 42.1. The number of quaternary nitrogens is 1. The minimum Gasteiger partial charge on any atom is -0.331 e. The quantitative estimate of drug-likeness (QED) is 0.250. The standard InChI is InChI=1S/C27H32F3N2/c1-32(2,3)19-6-4-5-10-26(27(28,29)30)23-13-11-21(12-14-23)24-8-7-9-25(20-24)22-15-17-31-18-16-22/h7-9,11-18,20,26H,4-6,10,19H2,1-3H3/q+1. The maximum absolute atomic E-state index is 13.8. The van der Waals surface area contributed by atoms with Gasteiger partial charge < -0.3 is 4.48 Å². The van der Waals surface area contributed by atoms with Gasteiger partial charge in [-0.15, -0.1) is 0 Å². The second-order valence-electron chi connectivity index (χ2n) is 9.40. The fourth-order valence-electron chi connectivity index (χ4n) is 3.96. The molecule has 0 radical (unpaired) electrons. The number of rotatable bonds is 9. The number of aromatic nitrogens is 1. The van der Waals surface area contributed by atoms with E-state index in [9.17, 15) is 13.2 Å². The lowest BCUT2D eigenvalue weighted by Gasteiger charge is -2.24. The largest absolute Gasteiger partial charge is 0.395 e. The minimum absolute atomic E-state index is 0.136. The number of hydrogen-bond donors (Lipinski definition) is 0. The first-order valence-electron chi connectivity index (χ1n) is 11.1. The maximum atomic E-state index is 13.8. The second-order valence-corrected chi connectivity index (χ2v) is 9.40. The molecule has 0 fully saturated rings. The fourth-order valence-corrected chi connectivity index (χ4v) is 3.96. The van der Waals surface area contributed by atoms with Crippen molar-refractivity contribution in [1.82, 2.24) is 4.98 Å². The number of nitrogens with zero attached hydrogens (tertiary/aromatic N) is 2. The Morgan fingerprint density at radius 1 is 0.750 bits per heavy atom. The summed E-state index contributed by atoms with van der Waals surface area (Å²) in [5.74, 6) is -1.41. The fraction of sp³-hybridized carbons (Fsp3) is 0.370. The topological polar surface area (TPSA) is 12.9 Å². The predicted octanol–water partition coefficient (Wildman–Crippen LogP) is 7.33. The summed E-state index contributed by atoms with van der Waals surface area (Å²) in [7, 11) is 6.31. The molecule has 3 rings (SSSR count). The van der Waals surface area contributed by atoms with Crippen molar-refractivity contribution < 1.29 is 17.7 Å². The van der Waals surface area contributed by atoms with Crippen molar-refractivity contribution in [1.29, 1.82) is 0 Å². The lowest BCUT2D eigenvalue weighted by atomic mass is 9.90. The predicted molar refractivity (Wildman–Crippen MR) is 125 cm³/mol. The highest BCUT2D eigenvalue weighted by Gasteiger charge is 2.40. The van der Waals surface area contributed by atoms with E-state index in [0.717, 1.165) is 46.1 Å². The Kier molecular flexibility index (Phi) is 7.73. The number of halogens is 3. The van der Waals surface area contributed by atoms with Crippen LogP contribution in [0.1, 0.15) is 37.2 Å². The lowest BCUT2D eigenvalue weighted by Crippen LogP contribution is -2.35. The van der Waals surface area contributed by atoms with E-state index >= 15 is 0 Å². The van der Waals surface area contributed by atoms with Crippen LogP contribution in [0.5, 0.6) is 0 Å². The average molecular weight is 442 g/mol. The molecule has 170 valence electrons. The molecule has 0 saturated carbocycles. The first kappa shape index (κ1) is 24.0. The Labute approximate surface area is 189 Å². The smallest absolute Gasteiger partial charge is 0.331 e. The van der Waals surface area contributed by atoms with Crippen LogP contribution in [0, 0.1) is 0 Å². The Hall–Kier alpha value is -2.66. The van der Waals surface area contributed by atoms with Crippen molar-refractivity contribution in [2.24, 2.45) is 0 Å². The highest BCUT2D eigenvalue weighted by Crippen LogP contribution is 2.39. The van der Waals surface area contributed by atoms with E-state index in [1.54, 1.807) is 36.7 Å². The van der Waals surface area contributed by atoms with Crippen LogP contribution in [0.2, 0.25) is 0 Å². The SMILES string of the molecule is C[N+](C)(C)CCCCCC(c1ccc(-c2cccc(-c3ccncc3)c2)cc1)C(F)(F)F. The van der Waals surface area contributed by atoms with Crippen LogP contribution in [0.15, 0.2) is 73.1 Å². The minimum atomic E-state index is -4.23. The van der Waals surface area contributed by atoms with E-state index in [1.807, 2.05) is 30.3 Å².